The lowest BCUT2D eigenvalue weighted by molar-refractivity contribution is 0.0794. The molecule has 0 bridgehead atoms. The largest absolute Gasteiger partial charge is 0.379 e. The Morgan fingerprint density at radius 3 is 1.48 bits per heavy atom. The molecule has 2 heterocycles. The molecule has 1 saturated carbocycles. The molecule has 2 saturated heterocycles. The van der Waals surface area contributed by atoms with Gasteiger partial charge in [-0.05, 0) is 140 Å². The van der Waals surface area contributed by atoms with E-state index in [-0.39, 0.29) is 0 Å². The summed E-state index contributed by atoms with van der Waals surface area (Å²) in [5.74, 6) is 6.39. The molecule has 3 rings (SSSR count). The van der Waals surface area contributed by atoms with Crippen molar-refractivity contribution < 1.29 is 4.74 Å². The minimum absolute atomic E-state index is 0.403. The Balaban J connectivity index is -0.000000537. The molecule has 0 aromatic rings. The van der Waals surface area contributed by atoms with Crippen molar-refractivity contribution in [3.05, 3.63) is 0 Å². The average Bonchev–Trinajstić information content (AvgIpc) is 3.05. The van der Waals surface area contributed by atoms with E-state index < -0.39 is 0 Å². The van der Waals surface area contributed by atoms with Crippen LogP contribution in [0.1, 0.15) is 206 Å². The lowest BCUT2D eigenvalue weighted by Crippen LogP contribution is -2.34. The van der Waals surface area contributed by atoms with Crippen LogP contribution in [0.3, 0.4) is 0 Å². The van der Waals surface area contributed by atoms with Gasteiger partial charge in [0.2, 0.25) is 0 Å². The van der Waals surface area contributed by atoms with Crippen molar-refractivity contribution >= 4 is 0 Å². The summed E-state index contributed by atoms with van der Waals surface area (Å²) in [6.45, 7) is 37.1. The average molecular weight is 712 g/mol. The summed E-state index contributed by atoms with van der Waals surface area (Å²) in [5, 5.41) is 10.1. The van der Waals surface area contributed by atoms with Gasteiger partial charge in [-0.3, -0.25) is 0 Å². The van der Waals surface area contributed by atoms with Crippen LogP contribution in [-0.2, 0) is 4.74 Å². The predicted molar refractivity (Wildman–Crippen MR) is 231 cm³/mol. The predicted octanol–water partition coefficient (Wildman–Crippen LogP) is 13.3. The SMILES string of the molecule is CC(C)CC1CCCCC1.CC(C)CC1CCCCN1.CC(C)CC1CCCNC1.CCCCC(C)C.CCCOC(C)C.CNCC(C)C. The van der Waals surface area contributed by atoms with Crippen molar-refractivity contribution in [2.24, 2.45) is 41.4 Å². The molecule has 0 spiro atoms. The maximum absolute atomic E-state index is 5.19. The lowest BCUT2D eigenvalue weighted by Gasteiger charge is -2.24. The van der Waals surface area contributed by atoms with Gasteiger partial charge < -0.3 is 20.7 Å². The highest BCUT2D eigenvalue weighted by Crippen LogP contribution is 2.28. The van der Waals surface area contributed by atoms with Crippen molar-refractivity contribution in [1.29, 1.82) is 0 Å². The molecule has 3 aliphatic rings. The molecule has 50 heavy (non-hydrogen) atoms. The van der Waals surface area contributed by atoms with Gasteiger partial charge in [-0.15, -0.1) is 0 Å². The first-order chi connectivity index (χ1) is 23.7. The normalized spacial score (nSPS) is 19.4. The van der Waals surface area contributed by atoms with E-state index in [0.29, 0.717) is 6.10 Å². The van der Waals surface area contributed by atoms with Crippen molar-refractivity contribution in [3.63, 3.8) is 0 Å². The minimum Gasteiger partial charge on any atom is -0.379 e. The van der Waals surface area contributed by atoms with Gasteiger partial charge in [0.15, 0.2) is 0 Å². The molecule has 0 amide bonds. The number of unbranched alkanes of at least 4 members (excludes halogenated alkanes) is 1. The van der Waals surface area contributed by atoms with Crippen LogP contribution in [0.15, 0.2) is 0 Å². The van der Waals surface area contributed by atoms with Gasteiger partial charge in [0.05, 0.1) is 6.10 Å². The molecule has 0 aromatic carbocycles. The molecular formula is C46H101N3O. The zero-order valence-corrected chi connectivity index (χ0v) is 37.7. The second-order valence-corrected chi connectivity index (χ2v) is 18.2. The maximum Gasteiger partial charge on any atom is 0.0518 e. The molecule has 4 heteroatoms. The summed E-state index contributed by atoms with van der Waals surface area (Å²) < 4.78 is 5.19. The summed E-state index contributed by atoms with van der Waals surface area (Å²) in [5.41, 5.74) is 0. The number of hydrogen-bond acceptors (Lipinski definition) is 4. The summed E-state index contributed by atoms with van der Waals surface area (Å²) in [4.78, 5) is 0. The van der Waals surface area contributed by atoms with E-state index in [1.807, 2.05) is 7.05 Å². The number of nitrogens with one attached hydrogen (secondary N) is 3. The first-order valence-corrected chi connectivity index (χ1v) is 22.4. The van der Waals surface area contributed by atoms with Crippen LogP contribution in [0.4, 0.5) is 0 Å². The van der Waals surface area contributed by atoms with E-state index in [2.05, 4.69) is 113 Å². The van der Waals surface area contributed by atoms with Gasteiger partial charge in [-0.2, -0.15) is 0 Å². The Bertz CT molecular complexity index is 531. The molecule has 2 aliphatic heterocycles. The molecule has 306 valence electrons. The fraction of sp³-hybridized carbons (Fsp3) is 1.00. The van der Waals surface area contributed by atoms with E-state index in [1.165, 1.54) is 122 Å². The van der Waals surface area contributed by atoms with Crippen LogP contribution in [-0.4, -0.2) is 52.0 Å². The highest BCUT2D eigenvalue weighted by molar-refractivity contribution is 4.73. The van der Waals surface area contributed by atoms with Crippen molar-refractivity contribution in [1.82, 2.24) is 16.0 Å². The van der Waals surface area contributed by atoms with Crippen LogP contribution < -0.4 is 16.0 Å². The first kappa shape index (κ1) is 54.2. The number of hydrogen-bond donors (Lipinski definition) is 3. The standard InChI is InChI=1S/C10H20.2C9H19N.C7H16.C6H14O.C5H13N/c1-9(2)8-10-6-4-3-5-7-10;1-8(2)6-9-4-3-5-10-7-9;1-8(2)7-9-5-3-4-6-10-9;1-4-5-6-7(2)3;1-4-5-7-6(2)3;1-5(2)4-6-3/h9-10H,3-8H2,1-2H3;2*8-10H,3-7H2,1-2H3;7H,4-6H2,1-3H3;6H,4-5H2,1-3H3;5-6H,4H2,1-3H3. The topological polar surface area (TPSA) is 45.3 Å². The highest BCUT2D eigenvalue weighted by Gasteiger charge is 2.15. The highest BCUT2D eigenvalue weighted by atomic mass is 16.5. The fourth-order valence-electron chi connectivity index (χ4n) is 6.95. The number of ether oxygens (including phenoxy) is 1. The summed E-state index contributed by atoms with van der Waals surface area (Å²) in [6.07, 6.45) is 24.5. The van der Waals surface area contributed by atoms with Gasteiger partial charge in [0, 0.05) is 12.6 Å². The van der Waals surface area contributed by atoms with E-state index in [4.69, 9.17) is 4.74 Å². The molecule has 4 nitrogen and oxygen atoms in total. The fourth-order valence-corrected chi connectivity index (χ4v) is 6.95. The van der Waals surface area contributed by atoms with Gasteiger partial charge in [0.1, 0.15) is 0 Å². The third kappa shape index (κ3) is 47.8. The van der Waals surface area contributed by atoms with E-state index in [9.17, 15) is 0 Å². The second-order valence-electron chi connectivity index (χ2n) is 18.2. The van der Waals surface area contributed by atoms with Crippen molar-refractivity contribution in [3.8, 4) is 0 Å². The van der Waals surface area contributed by atoms with E-state index in [0.717, 1.165) is 67.0 Å². The molecule has 1 aliphatic carbocycles. The summed E-state index contributed by atoms with van der Waals surface area (Å²) in [7, 11) is 1.97. The van der Waals surface area contributed by atoms with Gasteiger partial charge >= 0.3 is 0 Å². The Morgan fingerprint density at radius 2 is 1.14 bits per heavy atom. The Labute approximate surface area is 319 Å². The van der Waals surface area contributed by atoms with E-state index in [1.54, 1.807) is 0 Å². The minimum atomic E-state index is 0.403. The van der Waals surface area contributed by atoms with E-state index >= 15 is 0 Å². The maximum atomic E-state index is 5.19. The third-order valence-corrected chi connectivity index (χ3v) is 9.30. The summed E-state index contributed by atoms with van der Waals surface area (Å²) >= 11 is 0. The van der Waals surface area contributed by atoms with Crippen LogP contribution in [0.2, 0.25) is 0 Å². The molecule has 0 aromatic heterocycles. The zero-order chi connectivity index (χ0) is 38.6. The van der Waals surface area contributed by atoms with Crippen molar-refractivity contribution in [2.45, 2.75) is 218 Å². The Hall–Kier alpha value is -0.160. The monoisotopic (exact) mass is 712 g/mol. The van der Waals surface area contributed by atoms with Gasteiger partial charge in [0.25, 0.3) is 0 Å². The molecule has 3 N–H and O–H groups in total. The molecule has 3 fully saturated rings. The van der Waals surface area contributed by atoms with Crippen LogP contribution in [0.5, 0.6) is 0 Å². The van der Waals surface area contributed by atoms with Gasteiger partial charge in [-0.25, -0.2) is 0 Å². The van der Waals surface area contributed by atoms with Crippen molar-refractivity contribution in [2.75, 3.05) is 39.8 Å². The van der Waals surface area contributed by atoms with Gasteiger partial charge in [-0.1, -0.05) is 141 Å². The summed E-state index contributed by atoms with van der Waals surface area (Å²) in [6, 6.07) is 0.828. The Morgan fingerprint density at radius 1 is 0.580 bits per heavy atom. The van der Waals surface area contributed by atoms with Crippen LogP contribution in [0.25, 0.3) is 0 Å². The lowest BCUT2D eigenvalue weighted by atomic mass is 9.84. The molecular weight excluding hydrogens is 611 g/mol. The second kappa shape index (κ2) is 40.0. The molecule has 0 radical (unpaired) electrons. The number of piperidine rings is 2. The third-order valence-electron chi connectivity index (χ3n) is 9.30. The zero-order valence-electron chi connectivity index (χ0n) is 37.7. The van der Waals surface area contributed by atoms with Crippen LogP contribution in [0, 0.1) is 41.4 Å². The Kier molecular flexibility index (Phi) is 43.4. The quantitative estimate of drug-likeness (QED) is 0.168. The first-order valence-electron chi connectivity index (χ1n) is 22.4. The van der Waals surface area contributed by atoms with Crippen LogP contribution >= 0.6 is 0 Å². The number of rotatable bonds is 14. The smallest absolute Gasteiger partial charge is 0.0518 e. The molecule has 2 unspecified atom stereocenters. The molecule has 2 atom stereocenters.